The number of nitriles is 1. The summed E-state index contributed by atoms with van der Waals surface area (Å²) in [7, 11) is 0. The molecule has 1 aliphatic carbocycles. The molecule has 0 N–H and O–H groups in total. The number of hydrogen-bond donors (Lipinski definition) is 0. The van der Waals surface area contributed by atoms with Gasteiger partial charge >= 0.3 is 0 Å². The molecule has 100 valence electrons. The zero-order valence-electron chi connectivity index (χ0n) is 11.6. The van der Waals surface area contributed by atoms with Crippen molar-refractivity contribution in [3.05, 3.63) is 29.3 Å². The topological polar surface area (TPSA) is 44.1 Å². The molecule has 0 heterocycles. The molecule has 3 heteroatoms. The lowest BCUT2D eigenvalue weighted by Gasteiger charge is -2.31. The van der Waals surface area contributed by atoms with Crippen LogP contribution in [0.2, 0.25) is 0 Å². The third-order valence-electron chi connectivity index (χ3n) is 3.92. The zero-order chi connectivity index (χ0) is 13.8. The van der Waals surface area contributed by atoms with E-state index < -0.39 is 0 Å². The van der Waals surface area contributed by atoms with Crippen LogP contribution in [0.25, 0.3) is 0 Å². The summed E-state index contributed by atoms with van der Waals surface area (Å²) in [6.07, 6.45) is 4.88. The molecule has 1 fully saturated rings. The van der Waals surface area contributed by atoms with Gasteiger partial charge in [-0.25, -0.2) is 0 Å². The van der Waals surface area contributed by atoms with E-state index in [0.717, 1.165) is 17.8 Å². The summed E-state index contributed by atoms with van der Waals surface area (Å²) >= 11 is 0. The highest BCUT2D eigenvalue weighted by Crippen LogP contribution is 2.31. The average Bonchev–Trinajstić information content (AvgIpc) is 2.93. The molecule has 3 nitrogen and oxygen atoms in total. The van der Waals surface area contributed by atoms with Gasteiger partial charge in [-0.15, -0.1) is 0 Å². The van der Waals surface area contributed by atoms with Gasteiger partial charge < -0.3 is 4.90 Å². The van der Waals surface area contributed by atoms with Crippen molar-refractivity contribution in [3.8, 4) is 6.07 Å². The first kappa shape index (κ1) is 13.6. The number of Topliss-reactive ketones (excluding diaryl/α,β-unsaturated/α-hetero) is 1. The van der Waals surface area contributed by atoms with Crippen LogP contribution >= 0.6 is 0 Å². The van der Waals surface area contributed by atoms with Crippen molar-refractivity contribution in [2.24, 2.45) is 0 Å². The van der Waals surface area contributed by atoms with Crippen LogP contribution in [-0.4, -0.2) is 18.4 Å². The fourth-order valence-electron chi connectivity index (χ4n) is 2.98. The number of hydrogen-bond acceptors (Lipinski definition) is 3. The van der Waals surface area contributed by atoms with Crippen LogP contribution in [0.5, 0.6) is 0 Å². The van der Waals surface area contributed by atoms with E-state index >= 15 is 0 Å². The number of rotatable bonds is 4. The van der Waals surface area contributed by atoms with Gasteiger partial charge in [0.05, 0.1) is 11.6 Å². The van der Waals surface area contributed by atoms with Gasteiger partial charge in [-0.05, 0) is 44.9 Å². The van der Waals surface area contributed by atoms with E-state index in [1.165, 1.54) is 25.7 Å². The molecule has 1 aliphatic rings. The Morgan fingerprint density at radius 2 is 2.11 bits per heavy atom. The Hall–Kier alpha value is -1.82. The molecule has 1 saturated carbocycles. The van der Waals surface area contributed by atoms with Crippen molar-refractivity contribution < 1.29 is 4.79 Å². The first-order valence-electron chi connectivity index (χ1n) is 6.99. The number of carbonyl (C=O) groups is 1. The van der Waals surface area contributed by atoms with E-state index in [9.17, 15) is 4.79 Å². The van der Waals surface area contributed by atoms with Crippen LogP contribution in [0, 0.1) is 11.3 Å². The highest BCUT2D eigenvalue weighted by molar-refractivity contribution is 6.00. The molecule has 0 bridgehead atoms. The van der Waals surface area contributed by atoms with Crippen LogP contribution in [0.3, 0.4) is 0 Å². The Kier molecular flexibility index (Phi) is 4.21. The lowest BCUT2D eigenvalue weighted by atomic mass is 10.0. The Labute approximate surface area is 114 Å². The van der Waals surface area contributed by atoms with E-state index in [0.29, 0.717) is 11.6 Å². The number of anilines is 1. The first-order chi connectivity index (χ1) is 9.17. The maximum atomic E-state index is 11.8. The van der Waals surface area contributed by atoms with Crippen molar-refractivity contribution in [2.45, 2.75) is 45.6 Å². The summed E-state index contributed by atoms with van der Waals surface area (Å²) in [6, 6.07) is 8.05. The lowest BCUT2D eigenvalue weighted by Crippen LogP contribution is -2.34. The summed E-state index contributed by atoms with van der Waals surface area (Å²) < 4.78 is 0. The fourth-order valence-corrected chi connectivity index (χ4v) is 2.98. The molecule has 0 unspecified atom stereocenters. The fraction of sp³-hybridized carbons (Fsp3) is 0.500. The predicted octanol–water partition coefficient (Wildman–Crippen LogP) is 3.53. The normalized spacial score (nSPS) is 15.2. The van der Waals surface area contributed by atoms with Gasteiger partial charge in [-0.2, -0.15) is 5.26 Å². The standard InChI is InChI=1S/C16H20N2O/c1-3-18(14-6-4-5-7-14)16-10-13(11-17)8-9-15(16)12(2)19/h8-10,14H,3-7H2,1-2H3. The van der Waals surface area contributed by atoms with Gasteiger partial charge in [-0.1, -0.05) is 12.8 Å². The van der Waals surface area contributed by atoms with Crippen molar-refractivity contribution in [1.82, 2.24) is 0 Å². The van der Waals surface area contributed by atoms with Crippen LogP contribution in [0.1, 0.15) is 55.5 Å². The van der Waals surface area contributed by atoms with E-state index in [1.807, 2.05) is 6.07 Å². The maximum Gasteiger partial charge on any atom is 0.161 e. The second-order valence-electron chi connectivity index (χ2n) is 5.12. The first-order valence-corrected chi connectivity index (χ1v) is 6.99. The maximum absolute atomic E-state index is 11.8. The monoisotopic (exact) mass is 256 g/mol. The van der Waals surface area contributed by atoms with Crippen molar-refractivity contribution >= 4 is 11.5 Å². The molecular weight excluding hydrogens is 236 g/mol. The molecule has 1 aromatic carbocycles. The molecule has 0 spiro atoms. The van der Waals surface area contributed by atoms with Crippen LogP contribution in [0.15, 0.2) is 18.2 Å². The summed E-state index contributed by atoms with van der Waals surface area (Å²) in [5, 5.41) is 9.06. The predicted molar refractivity (Wildman–Crippen MR) is 76.4 cm³/mol. The largest absolute Gasteiger partial charge is 0.368 e. The Bertz CT molecular complexity index is 510. The van der Waals surface area contributed by atoms with Crippen LogP contribution in [0.4, 0.5) is 5.69 Å². The van der Waals surface area contributed by atoms with Gasteiger partial charge in [0.2, 0.25) is 0 Å². The molecule has 0 aromatic heterocycles. The smallest absolute Gasteiger partial charge is 0.161 e. The minimum absolute atomic E-state index is 0.0657. The van der Waals surface area contributed by atoms with E-state index in [-0.39, 0.29) is 5.78 Å². The van der Waals surface area contributed by atoms with Gasteiger partial charge in [0.15, 0.2) is 5.78 Å². The molecule has 0 aliphatic heterocycles. The number of benzene rings is 1. The third-order valence-corrected chi connectivity index (χ3v) is 3.92. The summed E-state index contributed by atoms with van der Waals surface area (Å²) in [5.74, 6) is 0.0657. The minimum atomic E-state index is 0.0657. The highest BCUT2D eigenvalue weighted by Gasteiger charge is 2.24. The molecular formula is C16H20N2O. The summed E-state index contributed by atoms with van der Waals surface area (Å²) in [4.78, 5) is 14.1. The summed E-state index contributed by atoms with van der Waals surface area (Å²) in [5.41, 5.74) is 2.28. The average molecular weight is 256 g/mol. The Morgan fingerprint density at radius 1 is 1.42 bits per heavy atom. The Morgan fingerprint density at radius 3 is 2.63 bits per heavy atom. The highest BCUT2D eigenvalue weighted by atomic mass is 16.1. The quantitative estimate of drug-likeness (QED) is 0.774. The minimum Gasteiger partial charge on any atom is -0.368 e. The molecule has 0 saturated heterocycles. The van der Waals surface area contributed by atoms with Gasteiger partial charge in [0, 0.05) is 23.8 Å². The van der Waals surface area contributed by atoms with E-state index in [1.54, 1.807) is 19.1 Å². The number of carbonyl (C=O) groups excluding carboxylic acids is 1. The molecule has 2 rings (SSSR count). The lowest BCUT2D eigenvalue weighted by molar-refractivity contribution is 0.101. The molecule has 1 aromatic rings. The van der Waals surface area contributed by atoms with Gasteiger partial charge in [-0.3, -0.25) is 4.79 Å². The Balaban J connectivity index is 2.44. The van der Waals surface area contributed by atoms with Gasteiger partial charge in [0.1, 0.15) is 0 Å². The van der Waals surface area contributed by atoms with Gasteiger partial charge in [0.25, 0.3) is 0 Å². The van der Waals surface area contributed by atoms with Crippen molar-refractivity contribution in [3.63, 3.8) is 0 Å². The SMILES string of the molecule is CCN(c1cc(C#N)ccc1C(C)=O)C1CCCC1. The second-order valence-corrected chi connectivity index (χ2v) is 5.12. The van der Waals surface area contributed by atoms with E-state index in [2.05, 4.69) is 17.9 Å². The van der Waals surface area contributed by atoms with E-state index in [4.69, 9.17) is 5.26 Å². The molecule has 19 heavy (non-hydrogen) atoms. The number of ketones is 1. The third kappa shape index (κ3) is 2.78. The molecule has 0 radical (unpaired) electrons. The molecule has 0 amide bonds. The zero-order valence-corrected chi connectivity index (χ0v) is 11.6. The van der Waals surface area contributed by atoms with Crippen LogP contribution in [-0.2, 0) is 0 Å². The van der Waals surface area contributed by atoms with Crippen molar-refractivity contribution in [2.75, 3.05) is 11.4 Å². The second kappa shape index (κ2) is 5.88. The molecule has 0 atom stereocenters. The van der Waals surface area contributed by atoms with Crippen molar-refractivity contribution in [1.29, 1.82) is 5.26 Å². The summed E-state index contributed by atoms with van der Waals surface area (Å²) in [6.45, 7) is 4.58. The number of nitrogens with zero attached hydrogens (tertiary/aromatic N) is 2. The van der Waals surface area contributed by atoms with Crippen LogP contribution < -0.4 is 4.90 Å².